The summed E-state index contributed by atoms with van der Waals surface area (Å²) in [5.41, 5.74) is 8.18. The van der Waals surface area contributed by atoms with Gasteiger partial charge in [0.05, 0.1) is 17.5 Å². The Kier molecular flexibility index (Phi) is 2.62. The highest BCUT2D eigenvalue weighted by Gasteiger charge is 2.15. The van der Waals surface area contributed by atoms with Gasteiger partial charge in [-0.25, -0.2) is 4.98 Å². The van der Waals surface area contributed by atoms with Crippen molar-refractivity contribution in [3.05, 3.63) is 35.9 Å². The van der Waals surface area contributed by atoms with Crippen LogP contribution >= 0.6 is 0 Å². The molecule has 2 aromatic heterocycles. The van der Waals surface area contributed by atoms with Crippen molar-refractivity contribution < 1.29 is 9.90 Å². The summed E-state index contributed by atoms with van der Waals surface area (Å²) in [6, 6.07) is 4.89. The summed E-state index contributed by atoms with van der Waals surface area (Å²) in [5, 5.41) is 8.75. The lowest BCUT2D eigenvalue weighted by Crippen LogP contribution is -2.32. The number of aliphatic carboxylic acids is 1. The summed E-state index contributed by atoms with van der Waals surface area (Å²) in [4.78, 5) is 14.9. The fourth-order valence-electron chi connectivity index (χ4n) is 1.66. The molecule has 0 aliphatic carbocycles. The highest BCUT2D eigenvalue weighted by atomic mass is 16.4. The molecule has 0 radical (unpaired) electrons. The zero-order chi connectivity index (χ0) is 11.7. The fraction of sp³-hybridized carbons (Fsp3) is 0.273. The van der Waals surface area contributed by atoms with E-state index in [1.54, 1.807) is 6.33 Å². The molecule has 0 aliphatic heterocycles. The zero-order valence-corrected chi connectivity index (χ0v) is 8.92. The maximum Gasteiger partial charge on any atom is 0.320 e. The van der Waals surface area contributed by atoms with E-state index in [0.717, 1.165) is 16.9 Å². The van der Waals surface area contributed by atoms with Gasteiger partial charge in [-0.1, -0.05) is 6.07 Å². The van der Waals surface area contributed by atoms with Crippen LogP contribution < -0.4 is 5.73 Å². The molecule has 1 atom stereocenters. The predicted molar refractivity (Wildman–Crippen MR) is 59.2 cm³/mol. The Bertz CT molecular complexity index is 533. The van der Waals surface area contributed by atoms with Crippen LogP contribution in [0.2, 0.25) is 0 Å². The summed E-state index contributed by atoms with van der Waals surface area (Å²) in [6.45, 7) is 1.97. The summed E-state index contributed by atoms with van der Waals surface area (Å²) < 4.78 is 1.92. The van der Waals surface area contributed by atoms with E-state index in [-0.39, 0.29) is 6.42 Å². The number of carboxylic acids is 1. The summed E-state index contributed by atoms with van der Waals surface area (Å²) in [5.74, 6) is -1.01. The number of aryl methyl sites for hydroxylation is 1. The molecule has 16 heavy (non-hydrogen) atoms. The second-order valence-corrected chi connectivity index (χ2v) is 3.76. The average molecular weight is 219 g/mol. The number of nitrogens with zero attached hydrogens (tertiary/aromatic N) is 2. The van der Waals surface area contributed by atoms with E-state index in [0.29, 0.717) is 0 Å². The monoisotopic (exact) mass is 219 g/mol. The molecule has 5 heteroatoms. The molecule has 5 nitrogen and oxygen atoms in total. The average Bonchev–Trinajstić information content (AvgIpc) is 2.63. The van der Waals surface area contributed by atoms with Crippen molar-refractivity contribution in [1.29, 1.82) is 0 Å². The Morgan fingerprint density at radius 3 is 3.06 bits per heavy atom. The number of rotatable bonds is 3. The molecule has 2 heterocycles. The van der Waals surface area contributed by atoms with Gasteiger partial charge < -0.3 is 15.2 Å². The van der Waals surface area contributed by atoms with E-state index in [1.165, 1.54) is 0 Å². The van der Waals surface area contributed by atoms with Gasteiger partial charge >= 0.3 is 5.97 Å². The van der Waals surface area contributed by atoms with Crippen molar-refractivity contribution in [2.75, 3.05) is 0 Å². The normalized spacial score (nSPS) is 12.9. The van der Waals surface area contributed by atoms with E-state index < -0.39 is 12.0 Å². The smallest absolute Gasteiger partial charge is 0.320 e. The van der Waals surface area contributed by atoms with Gasteiger partial charge in [0.1, 0.15) is 6.04 Å². The van der Waals surface area contributed by atoms with Crippen LogP contribution in [-0.4, -0.2) is 26.5 Å². The van der Waals surface area contributed by atoms with Crippen molar-refractivity contribution in [1.82, 2.24) is 9.38 Å². The van der Waals surface area contributed by atoms with Crippen LogP contribution in [0.1, 0.15) is 11.4 Å². The number of pyridine rings is 1. The molecular weight excluding hydrogens is 206 g/mol. The van der Waals surface area contributed by atoms with E-state index in [4.69, 9.17) is 10.8 Å². The maximum atomic E-state index is 10.7. The number of carbonyl (C=O) groups is 1. The standard InChI is InChI=1S/C11H13N3O2/c1-7-3-2-4-10-9(13-6-14(7)10)5-8(12)11(15)16/h2-4,6,8H,5,12H2,1H3,(H,15,16). The maximum absolute atomic E-state index is 10.7. The van der Waals surface area contributed by atoms with Crippen LogP contribution in [0, 0.1) is 6.92 Å². The highest BCUT2D eigenvalue weighted by Crippen LogP contribution is 2.13. The molecular formula is C11H13N3O2. The van der Waals surface area contributed by atoms with Gasteiger partial charge in [-0.15, -0.1) is 0 Å². The van der Waals surface area contributed by atoms with Gasteiger partial charge in [0.15, 0.2) is 0 Å². The molecule has 0 spiro atoms. The molecule has 0 bridgehead atoms. The Morgan fingerprint density at radius 1 is 1.62 bits per heavy atom. The molecule has 2 aromatic rings. The van der Waals surface area contributed by atoms with Gasteiger partial charge in [0.2, 0.25) is 0 Å². The second-order valence-electron chi connectivity index (χ2n) is 3.76. The van der Waals surface area contributed by atoms with Crippen molar-refractivity contribution in [2.24, 2.45) is 5.73 Å². The third-order valence-corrected chi connectivity index (χ3v) is 2.59. The predicted octanol–water partition coefficient (Wildman–Crippen LogP) is 0.597. The largest absolute Gasteiger partial charge is 0.480 e. The minimum atomic E-state index is -1.01. The van der Waals surface area contributed by atoms with E-state index in [9.17, 15) is 4.79 Å². The Balaban J connectivity index is 2.39. The number of hydrogen-bond acceptors (Lipinski definition) is 3. The van der Waals surface area contributed by atoms with Crippen molar-refractivity contribution in [2.45, 2.75) is 19.4 Å². The van der Waals surface area contributed by atoms with Crippen molar-refractivity contribution in [3.8, 4) is 0 Å². The number of carboxylic acid groups (broad SMARTS) is 1. The minimum absolute atomic E-state index is 0.245. The van der Waals surface area contributed by atoms with E-state index in [1.807, 2.05) is 29.5 Å². The van der Waals surface area contributed by atoms with Gasteiger partial charge in [-0.2, -0.15) is 0 Å². The first kappa shape index (κ1) is 10.6. The quantitative estimate of drug-likeness (QED) is 0.792. The Hall–Kier alpha value is -1.88. The molecule has 84 valence electrons. The lowest BCUT2D eigenvalue weighted by atomic mass is 10.1. The molecule has 0 saturated carbocycles. The first-order chi connectivity index (χ1) is 7.59. The van der Waals surface area contributed by atoms with E-state index in [2.05, 4.69) is 4.98 Å². The van der Waals surface area contributed by atoms with Crippen LogP contribution in [0.25, 0.3) is 5.52 Å². The SMILES string of the molecule is Cc1cccc2c(CC(N)C(=O)O)ncn12. The molecule has 1 unspecified atom stereocenters. The molecule has 2 rings (SSSR count). The molecule has 0 amide bonds. The van der Waals surface area contributed by atoms with Gasteiger partial charge in [-0.3, -0.25) is 4.79 Å². The summed E-state index contributed by atoms with van der Waals surface area (Å²) in [6.07, 6.45) is 1.93. The Labute approximate surface area is 92.5 Å². The zero-order valence-electron chi connectivity index (χ0n) is 8.92. The van der Waals surface area contributed by atoms with Gasteiger partial charge in [-0.05, 0) is 19.1 Å². The second kappa shape index (κ2) is 3.94. The lowest BCUT2D eigenvalue weighted by molar-refractivity contribution is -0.138. The van der Waals surface area contributed by atoms with Crippen molar-refractivity contribution >= 4 is 11.5 Å². The van der Waals surface area contributed by atoms with Gasteiger partial charge in [0, 0.05) is 12.1 Å². The number of nitrogens with two attached hydrogens (primary N) is 1. The third kappa shape index (κ3) is 1.77. The minimum Gasteiger partial charge on any atom is -0.480 e. The van der Waals surface area contributed by atoms with Crippen LogP contribution in [0.4, 0.5) is 0 Å². The molecule has 0 aromatic carbocycles. The first-order valence-electron chi connectivity index (χ1n) is 4.99. The molecule has 0 fully saturated rings. The van der Waals surface area contributed by atoms with Crippen LogP contribution in [0.3, 0.4) is 0 Å². The number of imidazole rings is 1. The third-order valence-electron chi connectivity index (χ3n) is 2.59. The summed E-state index contributed by atoms with van der Waals surface area (Å²) >= 11 is 0. The van der Waals surface area contributed by atoms with E-state index >= 15 is 0 Å². The molecule has 0 aliphatic rings. The molecule has 3 N–H and O–H groups in total. The van der Waals surface area contributed by atoms with Crippen LogP contribution in [0.15, 0.2) is 24.5 Å². The Morgan fingerprint density at radius 2 is 2.38 bits per heavy atom. The number of hydrogen-bond donors (Lipinski definition) is 2. The van der Waals surface area contributed by atoms with Crippen LogP contribution in [0.5, 0.6) is 0 Å². The van der Waals surface area contributed by atoms with Crippen LogP contribution in [-0.2, 0) is 11.2 Å². The topological polar surface area (TPSA) is 80.6 Å². The van der Waals surface area contributed by atoms with Gasteiger partial charge in [0.25, 0.3) is 0 Å². The first-order valence-corrected chi connectivity index (χ1v) is 4.99. The number of fused-ring (bicyclic) bond motifs is 1. The molecule has 0 saturated heterocycles. The number of aromatic nitrogens is 2. The highest BCUT2D eigenvalue weighted by molar-refractivity contribution is 5.74. The lowest BCUT2D eigenvalue weighted by Gasteiger charge is -2.04. The summed E-state index contributed by atoms with van der Waals surface area (Å²) in [7, 11) is 0. The van der Waals surface area contributed by atoms with Crippen molar-refractivity contribution in [3.63, 3.8) is 0 Å². The fourth-order valence-corrected chi connectivity index (χ4v) is 1.66.